The fourth-order valence-electron chi connectivity index (χ4n) is 1.41. The van der Waals surface area contributed by atoms with E-state index in [0.29, 0.717) is 6.54 Å². The summed E-state index contributed by atoms with van der Waals surface area (Å²) in [7, 11) is 1.66. The Bertz CT molecular complexity index is 345. The monoisotopic (exact) mass is 207 g/mol. The van der Waals surface area contributed by atoms with Crippen molar-refractivity contribution in [2.45, 2.75) is 12.8 Å². The number of nitrogens with two attached hydrogens (primary N) is 2. The summed E-state index contributed by atoms with van der Waals surface area (Å²) in [6, 6.07) is 7.87. The molecule has 0 aliphatic carbocycles. The zero-order valence-corrected chi connectivity index (χ0v) is 9.10. The van der Waals surface area contributed by atoms with E-state index in [2.05, 4.69) is 11.9 Å². The molecule has 0 aromatic heterocycles. The second-order valence-electron chi connectivity index (χ2n) is 3.41. The number of benzene rings is 1. The Balaban J connectivity index is 2.81. The molecular weight excluding hydrogens is 190 g/mol. The lowest BCUT2D eigenvalue weighted by Gasteiger charge is -2.13. The Kier molecular flexibility index (Phi) is 3.97. The van der Waals surface area contributed by atoms with Crippen LogP contribution in [-0.4, -0.2) is 19.6 Å². The minimum absolute atomic E-state index is 0.122. The van der Waals surface area contributed by atoms with E-state index in [1.165, 1.54) is 0 Å². The van der Waals surface area contributed by atoms with Crippen molar-refractivity contribution in [1.82, 2.24) is 0 Å². The van der Waals surface area contributed by atoms with E-state index in [1.807, 2.05) is 24.3 Å². The van der Waals surface area contributed by atoms with Crippen LogP contribution < -0.4 is 16.2 Å². The van der Waals surface area contributed by atoms with Crippen LogP contribution in [0.4, 0.5) is 0 Å². The molecule has 82 valence electrons. The van der Waals surface area contributed by atoms with Crippen molar-refractivity contribution in [3.05, 3.63) is 29.8 Å². The zero-order chi connectivity index (χ0) is 11.3. The molecule has 15 heavy (non-hydrogen) atoms. The van der Waals surface area contributed by atoms with Crippen molar-refractivity contribution in [3.8, 4) is 5.75 Å². The molecule has 0 fully saturated rings. The van der Waals surface area contributed by atoms with E-state index < -0.39 is 0 Å². The van der Waals surface area contributed by atoms with Crippen LogP contribution in [0, 0.1) is 0 Å². The summed E-state index contributed by atoms with van der Waals surface area (Å²) in [5, 5.41) is 0. The van der Waals surface area contributed by atoms with Crippen molar-refractivity contribution in [2.75, 3.05) is 13.7 Å². The van der Waals surface area contributed by atoms with Crippen LogP contribution in [0.15, 0.2) is 29.3 Å². The van der Waals surface area contributed by atoms with Gasteiger partial charge in [0.15, 0.2) is 5.96 Å². The Morgan fingerprint density at radius 2 is 2.07 bits per heavy atom. The molecule has 0 spiro atoms. The lowest BCUT2D eigenvalue weighted by molar-refractivity contribution is 0.407. The van der Waals surface area contributed by atoms with Gasteiger partial charge in [0.1, 0.15) is 5.75 Å². The first kappa shape index (κ1) is 11.4. The highest BCUT2D eigenvalue weighted by molar-refractivity contribution is 5.75. The minimum Gasteiger partial charge on any atom is -0.496 e. The molecule has 0 saturated heterocycles. The fourth-order valence-corrected chi connectivity index (χ4v) is 1.41. The van der Waals surface area contributed by atoms with Crippen molar-refractivity contribution >= 4 is 5.96 Å². The van der Waals surface area contributed by atoms with Crippen molar-refractivity contribution < 1.29 is 4.74 Å². The molecule has 1 aromatic carbocycles. The predicted molar refractivity (Wildman–Crippen MR) is 62.1 cm³/mol. The van der Waals surface area contributed by atoms with Gasteiger partial charge in [-0.2, -0.15) is 0 Å². The first-order chi connectivity index (χ1) is 7.15. The van der Waals surface area contributed by atoms with E-state index in [9.17, 15) is 0 Å². The Hall–Kier alpha value is -1.71. The molecule has 0 radical (unpaired) electrons. The van der Waals surface area contributed by atoms with Gasteiger partial charge in [0, 0.05) is 12.5 Å². The molecule has 4 N–H and O–H groups in total. The minimum atomic E-state index is 0.122. The molecule has 1 atom stereocenters. The first-order valence-corrected chi connectivity index (χ1v) is 4.83. The third-order valence-corrected chi connectivity index (χ3v) is 2.22. The highest BCUT2D eigenvalue weighted by Gasteiger charge is 2.09. The molecule has 0 aliphatic rings. The summed E-state index contributed by atoms with van der Waals surface area (Å²) in [4.78, 5) is 3.99. The maximum absolute atomic E-state index is 5.29. The highest BCUT2D eigenvalue weighted by Crippen LogP contribution is 2.25. The van der Waals surface area contributed by atoms with E-state index in [4.69, 9.17) is 16.2 Å². The summed E-state index contributed by atoms with van der Waals surface area (Å²) >= 11 is 0. The number of hydrogen-bond donors (Lipinski definition) is 2. The van der Waals surface area contributed by atoms with Crippen LogP contribution in [0.1, 0.15) is 18.4 Å². The molecule has 0 aliphatic heterocycles. The summed E-state index contributed by atoms with van der Waals surface area (Å²) in [6.45, 7) is 2.63. The largest absolute Gasteiger partial charge is 0.496 e. The third kappa shape index (κ3) is 3.16. The van der Waals surface area contributed by atoms with Gasteiger partial charge < -0.3 is 16.2 Å². The van der Waals surface area contributed by atoms with Crippen LogP contribution in [0.25, 0.3) is 0 Å². The smallest absolute Gasteiger partial charge is 0.185 e. The van der Waals surface area contributed by atoms with E-state index in [0.717, 1.165) is 11.3 Å². The summed E-state index contributed by atoms with van der Waals surface area (Å²) in [5.41, 5.74) is 11.7. The average Bonchev–Trinajstić information content (AvgIpc) is 2.25. The third-order valence-electron chi connectivity index (χ3n) is 2.22. The van der Waals surface area contributed by atoms with E-state index in [-0.39, 0.29) is 11.9 Å². The van der Waals surface area contributed by atoms with Crippen LogP contribution >= 0.6 is 0 Å². The van der Waals surface area contributed by atoms with Gasteiger partial charge in [-0.25, -0.2) is 0 Å². The number of guanidine groups is 1. The second kappa shape index (κ2) is 5.24. The number of rotatable bonds is 4. The van der Waals surface area contributed by atoms with Gasteiger partial charge in [-0.1, -0.05) is 25.1 Å². The molecule has 4 nitrogen and oxygen atoms in total. The second-order valence-corrected chi connectivity index (χ2v) is 3.41. The summed E-state index contributed by atoms with van der Waals surface area (Å²) in [5.74, 6) is 1.23. The highest BCUT2D eigenvalue weighted by atomic mass is 16.5. The van der Waals surface area contributed by atoms with E-state index >= 15 is 0 Å². The zero-order valence-electron chi connectivity index (χ0n) is 9.10. The number of nitrogens with zero attached hydrogens (tertiary/aromatic N) is 1. The predicted octanol–water partition coefficient (Wildman–Crippen LogP) is 1.07. The normalized spacial score (nSPS) is 11.9. The number of ether oxygens (including phenoxy) is 1. The van der Waals surface area contributed by atoms with Gasteiger partial charge in [-0.3, -0.25) is 4.99 Å². The molecule has 0 bridgehead atoms. The average molecular weight is 207 g/mol. The molecule has 0 saturated carbocycles. The van der Waals surface area contributed by atoms with Crippen molar-refractivity contribution in [1.29, 1.82) is 0 Å². The topological polar surface area (TPSA) is 73.6 Å². The van der Waals surface area contributed by atoms with Crippen LogP contribution in [0.5, 0.6) is 5.75 Å². The fraction of sp³-hybridized carbons (Fsp3) is 0.364. The Morgan fingerprint density at radius 1 is 1.40 bits per heavy atom. The Labute approximate surface area is 89.9 Å². The van der Waals surface area contributed by atoms with Crippen molar-refractivity contribution in [3.63, 3.8) is 0 Å². The van der Waals surface area contributed by atoms with Gasteiger partial charge in [0.05, 0.1) is 7.11 Å². The van der Waals surface area contributed by atoms with E-state index in [1.54, 1.807) is 7.11 Å². The maximum Gasteiger partial charge on any atom is 0.185 e. The Morgan fingerprint density at radius 3 is 2.67 bits per heavy atom. The quantitative estimate of drug-likeness (QED) is 0.573. The van der Waals surface area contributed by atoms with Crippen LogP contribution in [0.3, 0.4) is 0 Å². The van der Waals surface area contributed by atoms with Gasteiger partial charge in [0.2, 0.25) is 0 Å². The first-order valence-electron chi connectivity index (χ1n) is 4.83. The number of hydrogen-bond acceptors (Lipinski definition) is 2. The summed E-state index contributed by atoms with van der Waals surface area (Å²) in [6.07, 6.45) is 0. The molecule has 4 heteroatoms. The molecule has 1 aromatic rings. The summed E-state index contributed by atoms with van der Waals surface area (Å²) < 4.78 is 5.26. The molecule has 1 unspecified atom stereocenters. The maximum atomic E-state index is 5.29. The lowest BCUT2D eigenvalue weighted by Crippen LogP contribution is -2.23. The SMILES string of the molecule is COc1ccccc1C(C)CN=C(N)N. The number of para-hydroxylation sites is 1. The lowest BCUT2D eigenvalue weighted by atomic mass is 10.0. The standard InChI is InChI=1S/C11H17N3O/c1-8(7-14-11(12)13)9-5-3-4-6-10(9)15-2/h3-6,8H,7H2,1-2H3,(H4,12,13,14). The number of methoxy groups -OCH3 is 1. The molecule has 0 heterocycles. The van der Waals surface area contributed by atoms with Gasteiger partial charge in [-0.05, 0) is 11.6 Å². The van der Waals surface area contributed by atoms with Gasteiger partial charge >= 0.3 is 0 Å². The number of aliphatic imine (C=N–C) groups is 1. The molecular formula is C11H17N3O. The van der Waals surface area contributed by atoms with Crippen LogP contribution in [0.2, 0.25) is 0 Å². The van der Waals surface area contributed by atoms with Gasteiger partial charge in [0.25, 0.3) is 0 Å². The van der Waals surface area contributed by atoms with Gasteiger partial charge in [-0.15, -0.1) is 0 Å². The van der Waals surface area contributed by atoms with Crippen molar-refractivity contribution in [2.24, 2.45) is 16.5 Å². The molecule has 0 amide bonds. The van der Waals surface area contributed by atoms with Crippen LogP contribution in [-0.2, 0) is 0 Å². The molecule has 1 rings (SSSR count).